The molecule has 0 saturated carbocycles. The van der Waals surface area contributed by atoms with Crippen LogP contribution in [0.2, 0.25) is 0 Å². The summed E-state index contributed by atoms with van der Waals surface area (Å²) in [5.74, 6) is 1.17. The molecule has 1 heterocycles. The maximum absolute atomic E-state index is 9.20. The first kappa shape index (κ1) is 12.6. The molecule has 0 aliphatic carbocycles. The van der Waals surface area contributed by atoms with Gasteiger partial charge in [0.25, 0.3) is 0 Å². The zero-order valence-electron chi connectivity index (χ0n) is 10.5. The average Bonchev–Trinajstić information content (AvgIpc) is 2.89. The molecule has 0 aliphatic rings. The van der Waals surface area contributed by atoms with Crippen molar-refractivity contribution in [1.29, 1.82) is 0 Å². The highest BCUT2D eigenvalue weighted by molar-refractivity contribution is 5.25. The second-order valence-corrected chi connectivity index (χ2v) is 4.45. The lowest BCUT2D eigenvalue weighted by atomic mass is 10.1. The van der Waals surface area contributed by atoms with Crippen LogP contribution in [-0.2, 0) is 13.0 Å². The number of phenols is 1. The van der Waals surface area contributed by atoms with Gasteiger partial charge in [0, 0.05) is 6.04 Å². The Balaban J connectivity index is 1.71. The molecule has 1 aromatic heterocycles. The van der Waals surface area contributed by atoms with Gasteiger partial charge in [-0.05, 0) is 37.5 Å². The molecule has 2 aromatic rings. The predicted molar refractivity (Wildman–Crippen MR) is 69.2 cm³/mol. The summed E-state index contributed by atoms with van der Waals surface area (Å²) in [7, 11) is 0. The number of nitrogens with zero attached hydrogens (tertiary/aromatic N) is 1. The molecule has 2 rings (SSSR count). The second kappa shape index (κ2) is 6.21. The number of aryl methyl sites for hydroxylation is 1. The molecule has 18 heavy (non-hydrogen) atoms. The van der Waals surface area contributed by atoms with E-state index in [1.165, 1.54) is 12.0 Å². The number of hydrogen-bond acceptors (Lipinski definition) is 4. The van der Waals surface area contributed by atoms with Gasteiger partial charge in [0.1, 0.15) is 11.5 Å². The number of nitrogens with one attached hydrogen (secondary N) is 1. The van der Waals surface area contributed by atoms with E-state index in [1.807, 2.05) is 12.1 Å². The van der Waals surface area contributed by atoms with Crippen molar-refractivity contribution in [2.45, 2.75) is 32.4 Å². The molecule has 2 N–H and O–H groups in total. The van der Waals surface area contributed by atoms with Gasteiger partial charge in [-0.3, -0.25) is 0 Å². The monoisotopic (exact) mass is 246 g/mol. The van der Waals surface area contributed by atoms with Gasteiger partial charge in [-0.25, -0.2) is 4.98 Å². The summed E-state index contributed by atoms with van der Waals surface area (Å²) < 4.78 is 5.16. The van der Waals surface area contributed by atoms with Crippen LogP contribution in [0.4, 0.5) is 0 Å². The van der Waals surface area contributed by atoms with Gasteiger partial charge >= 0.3 is 0 Å². The molecule has 4 nitrogen and oxygen atoms in total. The molecule has 4 heteroatoms. The molecule has 0 fully saturated rings. The minimum Gasteiger partial charge on any atom is -0.508 e. The highest BCUT2D eigenvalue weighted by Crippen LogP contribution is 2.12. The van der Waals surface area contributed by atoms with Crippen LogP contribution >= 0.6 is 0 Å². The third kappa shape index (κ3) is 3.89. The van der Waals surface area contributed by atoms with E-state index >= 15 is 0 Å². The number of aromatic nitrogens is 1. The fraction of sp³-hybridized carbons (Fsp3) is 0.357. The first-order chi connectivity index (χ1) is 8.74. The minimum atomic E-state index is 0.315. The number of phenolic OH excluding ortho intramolecular Hbond substituents is 1. The van der Waals surface area contributed by atoms with E-state index in [4.69, 9.17) is 4.42 Å². The molecule has 0 aliphatic heterocycles. The summed E-state index contributed by atoms with van der Waals surface area (Å²) in [6.45, 7) is 2.85. The van der Waals surface area contributed by atoms with E-state index in [0.717, 1.165) is 18.6 Å². The van der Waals surface area contributed by atoms with Crippen LogP contribution in [0.1, 0.15) is 24.7 Å². The van der Waals surface area contributed by atoms with Crippen molar-refractivity contribution in [3.63, 3.8) is 0 Å². The van der Waals surface area contributed by atoms with Crippen molar-refractivity contribution >= 4 is 0 Å². The normalized spacial score (nSPS) is 12.5. The number of benzene rings is 1. The summed E-state index contributed by atoms with van der Waals surface area (Å²) in [5, 5.41) is 12.6. The first-order valence-electron chi connectivity index (χ1n) is 6.12. The third-order valence-corrected chi connectivity index (χ3v) is 2.91. The van der Waals surface area contributed by atoms with Gasteiger partial charge < -0.3 is 14.8 Å². The highest BCUT2D eigenvalue weighted by Gasteiger charge is 2.04. The summed E-state index contributed by atoms with van der Waals surface area (Å²) in [6.07, 6.45) is 5.20. The van der Waals surface area contributed by atoms with Crippen LogP contribution in [-0.4, -0.2) is 16.1 Å². The molecule has 1 atom stereocenters. The van der Waals surface area contributed by atoms with Gasteiger partial charge in [0.15, 0.2) is 6.39 Å². The molecule has 0 radical (unpaired) electrons. The van der Waals surface area contributed by atoms with Crippen LogP contribution in [0.25, 0.3) is 0 Å². The van der Waals surface area contributed by atoms with Crippen LogP contribution in [0.15, 0.2) is 41.3 Å². The number of rotatable bonds is 6. The van der Waals surface area contributed by atoms with E-state index in [-0.39, 0.29) is 0 Å². The Hall–Kier alpha value is -1.81. The lowest BCUT2D eigenvalue weighted by Gasteiger charge is -2.12. The summed E-state index contributed by atoms with van der Waals surface area (Å²) in [4.78, 5) is 3.87. The van der Waals surface area contributed by atoms with Gasteiger partial charge in [-0.15, -0.1) is 0 Å². The van der Waals surface area contributed by atoms with Crippen LogP contribution in [0.5, 0.6) is 5.75 Å². The van der Waals surface area contributed by atoms with E-state index in [0.29, 0.717) is 18.3 Å². The fourth-order valence-electron chi connectivity index (χ4n) is 1.75. The summed E-state index contributed by atoms with van der Waals surface area (Å²) in [5.41, 5.74) is 1.24. The molecule has 0 saturated heterocycles. The Labute approximate surface area is 107 Å². The quantitative estimate of drug-likeness (QED) is 0.822. The van der Waals surface area contributed by atoms with Crippen molar-refractivity contribution in [2.24, 2.45) is 0 Å². The highest BCUT2D eigenvalue weighted by atomic mass is 16.3. The Bertz CT molecular complexity index is 451. The first-order valence-corrected chi connectivity index (χ1v) is 6.12. The van der Waals surface area contributed by atoms with Crippen LogP contribution in [0, 0.1) is 0 Å². The largest absolute Gasteiger partial charge is 0.508 e. The zero-order chi connectivity index (χ0) is 12.8. The standard InChI is InChI=1S/C14H18N2O2/c1-11(16-9-14-8-15-10-18-14)2-3-12-4-6-13(17)7-5-12/h4-8,10-11,16-17H,2-3,9H2,1H3. The lowest BCUT2D eigenvalue weighted by molar-refractivity contribution is 0.441. The van der Waals surface area contributed by atoms with E-state index in [2.05, 4.69) is 17.2 Å². The van der Waals surface area contributed by atoms with Gasteiger partial charge in [-0.2, -0.15) is 0 Å². The summed E-state index contributed by atoms with van der Waals surface area (Å²) >= 11 is 0. The van der Waals surface area contributed by atoms with Crippen LogP contribution < -0.4 is 5.32 Å². The Morgan fingerprint density at radius 3 is 2.78 bits per heavy atom. The molecule has 1 aromatic carbocycles. The van der Waals surface area contributed by atoms with Crippen molar-refractivity contribution in [1.82, 2.24) is 10.3 Å². The van der Waals surface area contributed by atoms with Gasteiger partial charge in [0.2, 0.25) is 0 Å². The molecule has 0 amide bonds. The predicted octanol–water partition coefficient (Wildman–Crippen LogP) is 2.49. The average molecular weight is 246 g/mol. The maximum atomic E-state index is 9.20. The van der Waals surface area contributed by atoms with E-state index < -0.39 is 0 Å². The molecule has 96 valence electrons. The third-order valence-electron chi connectivity index (χ3n) is 2.91. The molecular weight excluding hydrogens is 228 g/mol. The smallest absolute Gasteiger partial charge is 0.180 e. The molecular formula is C14H18N2O2. The number of oxazole rings is 1. The topological polar surface area (TPSA) is 58.3 Å². The van der Waals surface area contributed by atoms with Crippen molar-refractivity contribution in [2.75, 3.05) is 0 Å². The Morgan fingerprint density at radius 1 is 1.33 bits per heavy atom. The maximum Gasteiger partial charge on any atom is 0.180 e. The van der Waals surface area contributed by atoms with Crippen molar-refractivity contribution in [3.05, 3.63) is 48.2 Å². The van der Waals surface area contributed by atoms with Crippen molar-refractivity contribution in [3.8, 4) is 5.75 Å². The zero-order valence-corrected chi connectivity index (χ0v) is 10.5. The lowest BCUT2D eigenvalue weighted by Crippen LogP contribution is -2.25. The molecule has 0 spiro atoms. The second-order valence-electron chi connectivity index (χ2n) is 4.45. The SMILES string of the molecule is CC(CCc1ccc(O)cc1)NCc1cnco1. The number of hydrogen-bond donors (Lipinski definition) is 2. The van der Waals surface area contributed by atoms with Crippen molar-refractivity contribution < 1.29 is 9.52 Å². The summed E-state index contributed by atoms with van der Waals surface area (Å²) in [6, 6.07) is 7.77. The minimum absolute atomic E-state index is 0.315. The Kier molecular flexibility index (Phi) is 4.36. The fourth-order valence-corrected chi connectivity index (χ4v) is 1.75. The van der Waals surface area contributed by atoms with E-state index in [1.54, 1.807) is 18.3 Å². The van der Waals surface area contributed by atoms with Crippen LogP contribution in [0.3, 0.4) is 0 Å². The van der Waals surface area contributed by atoms with E-state index in [9.17, 15) is 5.11 Å². The van der Waals surface area contributed by atoms with Gasteiger partial charge in [-0.1, -0.05) is 12.1 Å². The number of aromatic hydroxyl groups is 1. The Morgan fingerprint density at radius 2 is 2.11 bits per heavy atom. The van der Waals surface area contributed by atoms with Gasteiger partial charge in [0.05, 0.1) is 12.7 Å². The molecule has 1 unspecified atom stereocenters. The molecule has 0 bridgehead atoms.